The van der Waals surface area contributed by atoms with Gasteiger partial charge in [0.05, 0.1) is 25.8 Å². The molecule has 0 amide bonds. The van der Waals surface area contributed by atoms with E-state index in [1.54, 1.807) is 30.3 Å². The molecule has 0 aliphatic rings. The molecular formula is C17H19ClN2O4S. The van der Waals surface area contributed by atoms with Gasteiger partial charge in [-0.15, -0.1) is 0 Å². The first-order valence-corrected chi connectivity index (χ1v) is 8.87. The van der Waals surface area contributed by atoms with Gasteiger partial charge < -0.3 is 14.2 Å². The minimum absolute atomic E-state index is 0.00747. The van der Waals surface area contributed by atoms with Crippen molar-refractivity contribution in [3.63, 3.8) is 0 Å². The Morgan fingerprint density at radius 2 is 1.76 bits per heavy atom. The first-order valence-electron chi connectivity index (χ1n) is 7.62. The van der Waals surface area contributed by atoms with Crippen molar-refractivity contribution in [3.05, 3.63) is 40.9 Å². The van der Waals surface area contributed by atoms with E-state index >= 15 is 0 Å². The maximum absolute atomic E-state index is 12.1. The second-order valence-corrected chi connectivity index (χ2v) is 6.69. The Morgan fingerprint density at radius 1 is 1.16 bits per heavy atom. The van der Waals surface area contributed by atoms with E-state index in [1.807, 2.05) is 6.92 Å². The van der Waals surface area contributed by atoms with Crippen LogP contribution in [-0.4, -0.2) is 42.0 Å². The molecule has 1 heterocycles. The Hall–Kier alpha value is -1.99. The largest absolute Gasteiger partial charge is 0.481 e. The van der Waals surface area contributed by atoms with Gasteiger partial charge in [-0.2, -0.15) is 9.97 Å². The Labute approximate surface area is 155 Å². The van der Waals surface area contributed by atoms with Crippen molar-refractivity contribution in [1.82, 2.24) is 9.97 Å². The van der Waals surface area contributed by atoms with Gasteiger partial charge in [-0.05, 0) is 30.7 Å². The summed E-state index contributed by atoms with van der Waals surface area (Å²) in [6.45, 7) is 2.25. The SMILES string of the molecule is CCC(COC(=O)c1ccc(Cl)cc1)Sc1nc(OC)cc(OC)n1. The fourth-order valence-corrected chi connectivity index (χ4v) is 2.88. The Bertz CT molecular complexity index is 690. The highest BCUT2D eigenvalue weighted by atomic mass is 35.5. The molecule has 1 unspecified atom stereocenters. The molecule has 1 aromatic carbocycles. The third-order valence-electron chi connectivity index (χ3n) is 3.28. The number of nitrogens with zero attached hydrogens (tertiary/aromatic N) is 2. The van der Waals surface area contributed by atoms with Crippen LogP contribution in [0.3, 0.4) is 0 Å². The first kappa shape index (κ1) is 19.3. The lowest BCUT2D eigenvalue weighted by atomic mass is 10.2. The molecule has 0 bridgehead atoms. The molecule has 0 radical (unpaired) electrons. The number of halogens is 1. The third-order valence-corrected chi connectivity index (χ3v) is 4.73. The molecule has 1 atom stereocenters. The maximum atomic E-state index is 12.1. The summed E-state index contributed by atoms with van der Waals surface area (Å²) < 4.78 is 15.7. The zero-order chi connectivity index (χ0) is 18.2. The van der Waals surface area contributed by atoms with Crippen LogP contribution in [0, 0.1) is 0 Å². The van der Waals surface area contributed by atoms with Crippen LogP contribution in [0.15, 0.2) is 35.5 Å². The number of hydrogen-bond donors (Lipinski definition) is 0. The number of carbonyl (C=O) groups excluding carboxylic acids is 1. The van der Waals surface area contributed by atoms with Gasteiger partial charge in [0.25, 0.3) is 0 Å². The highest BCUT2D eigenvalue weighted by Crippen LogP contribution is 2.27. The number of carbonyl (C=O) groups is 1. The summed E-state index contributed by atoms with van der Waals surface area (Å²) in [6.07, 6.45) is 0.779. The molecule has 2 aromatic rings. The zero-order valence-corrected chi connectivity index (χ0v) is 15.8. The standard InChI is InChI=1S/C17H19ClN2O4S/c1-4-13(10-24-16(21)11-5-7-12(18)8-6-11)25-17-19-14(22-2)9-15(20-17)23-3/h5-9,13H,4,10H2,1-3H3. The van der Waals surface area contributed by atoms with Gasteiger partial charge in [-0.1, -0.05) is 30.3 Å². The van der Waals surface area contributed by atoms with E-state index in [2.05, 4.69) is 9.97 Å². The zero-order valence-electron chi connectivity index (χ0n) is 14.2. The molecule has 8 heteroatoms. The van der Waals surface area contributed by atoms with E-state index in [0.29, 0.717) is 27.5 Å². The number of methoxy groups -OCH3 is 2. The van der Waals surface area contributed by atoms with Crippen molar-refractivity contribution < 1.29 is 19.0 Å². The van der Waals surface area contributed by atoms with Gasteiger partial charge in [-0.3, -0.25) is 0 Å². The minimum atomic E-state index is -0.389. The summed E-state index contributed by atoms with van der Waals surface area (Å²) in [7, 11) is 3.06. The van der Waals surface area contributed by atoms with Crippen molar-refractivity contribution in [1.29, 1.82) is 0 Å². The van der Waals surface area contributed by atoms with Gasteiger partial charge in [0.2, 0.25) is 11.8 Å². The average Bonchev–Trinajstić information content (AvgIpc) is 2.64. The van der Waals surface area contributed by atoms with Crippen LogP contribution in [0.2, 0.25) is 5.02 Å². The van der Waals surface area contributed by atoms with E-state index in [4.69, 9.17) is 25.8 Å². The molecule has 0 spiro atoms. The summed E-state index contributed by atoms with van der Waals surface area (Å²) in [5, 5.41) is 1.08. The van der Waals surface area contributed by atoms with Crippen LogP contribution in [0.1, 0.15) is 23.7 Å². The van der Waals surface area contributed by atoms with Crippen molar-refractivity contribution >= 4 is 29.3 Å². The Kier molecular flexibility index (Phi) is 7.33. The molecule has 25 heavy (non-hydrogen) atoms. The number of hydrogen-bond acceptors (Lipinski definition) is 7. The van der Waals surface area contributed by atoms with E-state index in [9.17, 15) is 4.79 Å². The minimum Gasteiger partial charge on any atom is -0.481 e. The molecule has 2 rings (SSSR count). The van der Waals surface area contributed by atoms with Gasteiger partial charge >= 0.3 is 5.97 Å². The molecule has 6 nitrogen and oxygen atoms in total. The van der Waals surface area contributed by atoms with Crippen molar-refractivity contribution in [2.75, 3.05) is 20.8 Å². The number of aromatic nitrogens is 2. The Balaban J connectivity index is 1.98. The van der Waals surface area contributed by atoms with Crippen LogP contribution >= 0.6 is 23.4 Å². The summed E-state index contributed by atoms with van der Waals surface area (Å²) in [5.74, 6) is 0.449. The summed E-state index contributed by atoms with van der Waals surface area (Å²) in [5.41, 5.74) is 0.462. The maximum Gasteiger partial charge on any atom is 0.338 e. The molecule has 0 saturated carbocycles. The van der Waals surface area contributed by atoms with E-state index in [0.717, 1.165) is 6.42 Å². The van der Waals surface area contributed by atoms with Gasteiger partial charge in [0.1, 0.15) is 6.61 Å². The number of ether oxygens (including phenoxy) is 3. The predicted molar refractivity (Wildman–Crippen MR) is 96.8 cm³/mol. The molecular weight excluding hydrogens is 364 g/mol. The van der Waals surface area contributed by atoms with Crippen LogP contribution in [0.25, 0.3) is 0 Å². The highest BCUT2D eigenvalue weighted by Gasteiger charge is 2.16. The van der Waals surface area contributed by atoms with Crippen LogP contribution in [-0.2, 0) is 4.74 Å². The van der Waals surface area contributed by atoms with E-state index < -0.39 is 0 Å². The second kappa shape index (κ2) is 9.48. The molecule has 0 aliphatic heterocycles. The molecule has 134 valence electrons. The second-order valence-electron chi connectivity index (χ2n) is 4.99. The monoisotopic (exact) mass is 382 g/mol. The lowest BCUT2D eigenvalue weighted by Crippen LogP contribution is -2.16. The molecule has 1 aromatic heterocycles. The fourth-order valence-electron chi connectivity index (χ4n) is 1.87. The Morgan fingerprint density at radius 3 is 2.28 bits per heavy atom. The lowest BCUT2D eigenvalue weighted by molar-refractivity contribution is 0.0505. The van der Waals surface area contributed by atoms with E-state index in [1.165, 1.54) is 26.0 Å². The average molecular weight is 383 g/mol. The predicted octanol–water partition coefficient (Wildman–Crippen LogP) is 3.87. The van der Waals surface area contributed by atoms with Gasteiger partial charge in [0.15, 0.2) is 5.16 Å². The van der Waals surface area contributed by atoms with Crippen LogP contribution < -0.4 is 9.47 Å². The smallest absolute Gasteiger partial charge is 0.338 e. The lowest BCUT2D eigenvalue weighted by Gasteiger charge is -2.14. The van der Waals surface area contributed by atoms with Crippen molar-refractivity contribution in [2.24, 2.45) is 0 Å². The fraction of sp³-hybridized carbons (Fsp3) is 0.353. The van der Waals surface area contributed by atoms with Gasteiger partial charge in [-0.25, -0.2) is 4.79 Å². The molecule has 0 saturated heterocycles. The molecule has 0 aliphatic carbocycles. The topological polar surface area (TPSA) is 70.5 Å². The van der Waals surface area contributed by atoms with Gasteiger partial charge in [0, 0.05) is 10.3 Å². The summed E-state index contributed by atoms with van der Waals surface area (Å²) in [6, 6.07) is 8.18. The highest BCUT2D eigenvalue weighted by molar-refractivity contribution is 7.99. The number of benzene rings is 1. The number of rotatable bonds is 8. The molecule has 0 N–H and O–H groups in total. The van der Waals surface area contributed by atoms with Crippen LogP contribution in [0.4, 0.5) is 0 Å². The third kappa shape index (κ3) is 5.79. The number of thioether (sulfide) groups is 1. The van der Waals surface area contributed by atoms with Crippen molar-refractivity contribution in [3.8, 4) is 11.8 Å². The van der Waals surface area contributed by atoms with Crippen molar-refractivity contribution in [2.45, 2.75) is 23.8 Å². The quantitative estimate of drug-likeness (QED) is 0.390. The first-order chi connectivity index (χ1) is 12.0. The molecule has 0 fully saturated rings. The number of esters is 1. The summed E-state index contributed by atoms with van der Waals surface area (Å²) in [4.78, 5) is 20.6. The van der Waals surface area contributed by atoms with E-state index in [-0.39, 0.29) is 17.8 Å². The van der Waals surface area contributed by atoms with Crippen LogP contribution in [0.5, 0.6) is 11.8 Å². The summed E-state index contributed by atoms with van der Waals surface area (Å²) >= 11 is 7.22. The normalized spacial score (nSPS) is 11.7.